The summed E-state index contributed by atoms with van der Waals surface area (Å²) < 4.78 is 14.9. The van der Waals surface area contributed by atoms with Crippen molar-refractivity contribution in [3.8, 4) is 11.3 Å². The van der Waals surface area contributed by atoms with Crippen LogP contribution in [0.25, 0.3) is 11.3 Å². The van der Waals surface area contributed by atoms with Crippen molar-refractivity contribution < 1.29 is 9.18 Å². The average Bonchev–Trinajstić information content (AvgIpc) is 3.15. The van der Waals surface area contributed by atoms with E-state index in [9.17, 15) is 9.18 Å². The molecule has 0 saturated heterocycles. The summed E-state index contributed by atoms with van der Waals surface area (Å²) in [6.07, 6.45) is 3.49. The number of nitrogens with zero attached hydrogens (tertiary/aromatic N) is 3. The van der Waals surface area contributed by atoms with Crippen molar-refractivity contribution in [3.63, 3.8) is 0 Å². The van der Waals surface area contributed by atoms with E-state index in [1.165, 1.54) is 23.5 Å². The predicted molar refractivity (Wildman–Crippen MR) is 97.2 cm³/mol. The van der Waals surface area contributed by atoms with Gasteiger partial charge in [-0.2, -0.15) is 0 Å². The molecule has 3 aromatic rings. The summed E-state index contributed by atoms with van der Waals surface area (Å²) in [5.41, 5.74) is 1.58. The molecular weight excluding hydrogens is 339 g/mol. The second-order valence-electron chi connectivity index (χ2n) is 6.05. The van der Waals surface area contributed by atoms with Crippen LogP contribution in [0.5, 0.6) is 0 Å². The Balaban J connectivity index is 1.73. The highest BCUT2D eigenvalue weighted by molar-refractivity contribution is 7.16. The molecule has 0 spiro atoms. The number of carbonyl (C=O) groups is 1. The Kier molecular flexibility index (Phi) is 4.94. The van der Waals surface area contributed by atoms with Gasteiger partial charge >= 0.3 is 0 Å². The van der Waals surface area contributed by atoms with Crippen molar-refractivity contribution >= 4 is 22.4 Å². The zero-order valence-electron chi connectivity index (χ0n) is 14.3. The number of amides is 1. The van der Waals surface area contributed by atoms with E-state index in [2.05, 4.69) is 15.3 Å². The summed E-state index contributed by atoms with van der Waals surface area (Å²) >= 11 is 1.40. The second-order valence-corrected chi connectivity index (χ2v) is 7.25. The Morgan fingerprint density at radius 2 is 2.04 bits per heavy atom. The molecule has 0 bridgehead atoms. The molecule has 0 atom stereocenters. The van der Waals surface area contributed by atoms with Gasteiger partial charge in [0.15, 0.2) is 5.13 Å². The van der Waals surface area contributed by atoms with Gasteiger partial charge in [0.2, 0.25) is 5.91 Å². The fraction of sp³-hybridized carbons (Fsp3) is 0.278. The van der Waals surface area contributed by atoms with Crippen LogP contribution >= 0.6 is 11.3 Å². The van der Waals surface area contributed by atoms with Crippen LogP contribution in [0, 0.1) is 12.7 Å². The van der Waals surface area contributed by atoms with Crippen molar-refractivity contribution in [2.45, 2.75) is 33.2 Å². The van der Waals surface area contributed by atoms with Gasteiger partial charge in [-0.05, 0) is 31.2 Å². The van der Waals surface area contributed by atoms with Crippen LogP contribution in [0.3, 0.4) is 0 Å². The Hall–Kier alpha value is -2.54. The number of aryl methyl sites for hydroxylation is 1. The Bertz CT molecular complexity index is 883. The summed E-state index contributed by atoms with van der Waals surface area (Å²) in [4.78, 5) is 22.0. The van der Waals surface area contributed by atoms with E-state index in [-0.39, 0.29) is 24.2 Å². The lowest BCUT2D eigenvalue weighted by atomic mass is 10.1. The molecule has 5 nitrogen and oxygen atoms in total. The SMILES string of the molecule is Cc1sc(NC(=O)Cn2ccnc2C(C)C)nc1-c1ccc(F)cc1. The average molecular weight is 358 g/mol. The lowest BCUT2D eigenvalue weighted by molar-refractivity contribution is -0.116. The van der Waals surface area contributed by atoms with Gasteiger partial charge < -0.3 is 9.88 Å². The van der Waals surface area contributed by atoms with Gasteiger partial charge in [-0.15, -0.1) is 11.3 Å². The number of carbonyl (C=O) groups excluding carboxylic acids is 1. The van der Waals surface area contributed by atoms with Crippen LogP contribution in [0.4, 0.5) is 9.52 Å². The van der Waals surface area contributed by atoms with Gasteiger partial charge in [0.05, 0.1) is 5.69 Å². The number of hydrogen-bond acceptors (Lipinski definition) is 4. The van der Waals surface area contributed by atoms with E-state index in [4.69, 9.17) is 0 Å². The molecule has 3 rings (SSSR count). The molecule has 130 valence electrons. The van der Waals surface area contributed by atoms with Gasteiger partial charge in [-0.3, -0.25) is 4.79 Å². The first-order chi connectivity index (χ1) is 11.9. The quantitative estimate of drug-likeness (QED) is 0.743. The predicted octanol–water partition coefficient (Wildman–Crippen LogP) is 4.22. The summed E-state index contributed by atoms with van der Waals surface area (Å²) in [6, 6.07) is 6.17. The highest BCUT2D eigenvalue weighted by Crippen LogP contribution is 2.30. The molecule has 2 aromatic heterocycles. The number of halogens is 1. The third kappa shape index (κ3) is 3.93. The number of aromatic nitrogens is 3. The minimum absolute atomic E-state index is 0.153. The molecule has 0 aliphatic heterocycles. The van der Waals surface area contributed by atoms with Gasteiger partial charge in [-0.1, -0.05) is 13.8 Å². The normalized spacial score (nSPS) is 11.1. The van der Waals surface area contributed by atoms with Crippen molar-refractivity contribution in [1.82, 2.24) is 14.5 Å². The molecule has 0 aliphatic carbocycles. The standard InChI is InChI=1S/C18H19FN4OS/c1-11(2)17-20-8-9-23(17)10-15(24)21-18-22-16(12(3)25-18)13-4-6-14(19)7-5-13/h4-9,11H,10H2,1-3H3,(H,21,22,24). The van der Waals surface area contributed by atoms with Gasteiger partial charge in [0.1, 0.15) is 18.2 Å². The molecule has 1 amide bonds. The first-order valence-electron chi connectivity index (χ1n) is 7.98. The van der Waals surface area contributed by atoms with Gasteiger partial charge in [0, 0.05) is 28.8 Å². The third-order valence-electron chi connectivity index (χ3n) is 3.74. The lowest BCUT2D eigenvalue weighted by Crippen LogP contribution is -2.20. The van der Waals surface area contributed by atoms with E-state index >= 15 is 0 Å². The topological polar surface area (TPSA) is 59.8 Å². The van der Waals surface area contributed by atoms with E-state index in [1.807, 2.05) is 25.3 Å². The maximum Gasteiger partial charge on any atom is 0.246 e. The summed E-state index contributed by atoms with van der Waals surface area (Å²) in [7, 11) is 0. The number of thiazole rings is 1. The number of hydrogen-bond donors (Lipinski definition) is 1. The van der Waals surface area contributed by atoms with Crippen molar-refractivity contribution in [1.29, 1.82) is 0 Å². The smallest absolute Gasteiger partial charge is 0.246 e. The molecule has 2 heterocycles. The molecule has 7 heteroatoms. The van der Waals surface area contributed by atoms with Crippen LogP contribution < -0.4 is 5.32 Å². The van der Waals surface area contributed by atoms with Crippen molar-refractivity contribution in [3.05, 3.63) is 53.2 Å². The molecule has 0 aliphatic rings. The molecule has 0 saturated carbocycles. The zero-order valence-corrected chi connectivity index (χ0v) is 15.1. The molecule has 0 unspecified atom stereocenters. The molecule has 1 N–H and O–H groups in total. The zero-order chi connectivity index (χ0) is 18.0. The van der Waals surface area contributed by atoms with Crippen LogP contribution in [-0.2, 0) is 11.3 Å². The maximum atomic E-state index is 13.1. The summed E-state index contributed by atoms with van der Waals surface area (Å²) in [6.45, 7) is 6.20. The molecule has 1 aromatic carbocycles. The molecule has 0 fully saturated rings. The highest BCUT2D eigenvalue weighted by Gasteiger charge is 2.14. The Morgan fingerprint density at radius 3 is 2.72 bits per heavy atom. The summed E-state index contributed by atoms with van der Waals surface area (Å²) in [5, 5.41) is 3.37. The lowest BCUT2D eigenvalue weighted by Gasteiger charge is -2.09. The monoisotopic (exact) mass is 358 g/mol. The van der Waals surface area contributed by atoms with Crippen molar-refractivity contribution in [2.24, 2.45) is 0 Å². The summed E-state index contributed by atoms with van der Waals surface area (Å²) in [5.74, 6) is 0.679. The van der Waals surface area contributed by atoms with Gasteiger partial charge in [-0.25, -0.2) is 14.4 Å². The maximum absolute atomic E-state index is 13.1. The largest absolute Gasteiger partial charge is 0.325 e. The minimum atomic E-state index is -0.286. The van der Waals surface area contributed by atoms with Crippen LogP contribution in [-0.4, -0.2) is 20.4 Å². The number of nitrogens with one attached hydrogen (secondary N) is 1. The number of benzene rings is 1. The fourth-order valence-corrected chi connectivity index (χ4v) is 3.45. The fourth-order valence-electron chi connectivity index (χ4n) is 2.59. The molecule has 0 radical (unpaired) electrons. The molecule has 25 heavy (non-hydrogen) atoms. The first kappa shape index (κ1) is 17.3. The van der Waals surface area contributed by atoms with Crippen LogP contribution in [0.15, 0.2) is 36.7 Å². The van der Waals surface area contributed by atoms with Crippen LogP contribution in [0.2, 0.25) is 0 Å². The Morgan fingerprint density at radius 1 is 1.32 bits per heavy atom. The first-order valence-corrected chi connectivity index (χ1v) is 8.80. The van der Waals surface area contributed by atoms with Crippen molar-refractivity contribution in [2.75, 3.05) is 5.32 Å². The highest BCUT2D eigenvalue weighted by atomic mass is 32.1. The van der Waals surface area contributed by atoms with E-state index in [1.54, 1.807) is 24.5 Å². The number of rotatable bonds is 5. The van der Waals surface area contributed by atoms with Crippen LogP contribution in [0.1, 0.15) is 30.5 Å². The number of anilines is 1. The number of imidazole rings is 1. The van der Waals surface area contributed by atoms with E-state index in [0.29, 0.717) is 5.13 Å². The van der Waals surface area contributed by atoms with E-state index < -0.39 is 0 Å². The molecular formula is C18H19FN4OS. The van der Waals surface area contributed by atoms with E-state index in [0.717, 1.165) is 22.0 Å². The van der Waals surface area contributed by atoms with Gasteiger partial charge in [0.25, 0.3) is 0 Å². The Labute approximate surface area is 149 Å². The second kappa shape index (κ2) is 7.14. The minimum Gasteiger partial charge on any atom is -0.325 e. The third-order valence-corrected chi connectivity index (χ3v) is 4.62.